The molecule has 6 nitrogen and oxygen atoms in total. The molecule has 1 aromatic heterocycles. The summed E-state index contributed by atoms with van der Waals surface area (Å²) in [4.78, 5) is 22.2. The molecule has 0 aromatic carbocycles. The third-order valence-electron chi connectivity index (χ3n) is 2.14. The first-order chi connectivity index (χ1) is 8.45. The Kier molecular flexibility index (Phi) is 4.85. The summed E-state index contributed by atoms with van der Waals surface area (Å²) in [5.41, 5.74) is 0.119. The predicted octanol–water partition coefficient (Wildman–Crippen LogP) is 2.59. The minimum absolute atomic E-state index is 0.00352. The first kappa shape index (κ1) is 14.2. The molecular weight excluding hydrogens is 258 g/mol. The van der Waals surface area contributed by atoms with E-state index in [2.05, 4.69) is 0 Å². The summed E-state index contributed by atoms with van der Waals surface area (Å²) >= 11 is 0.970. The molecule has 0 saturated carbocycles. The number of carbonyl (C=O) groups is 1. The lowest BCUT2D eigenvalue weighted by molar-refractivity contribution is -0.380. The topological polar surface area (TPSA) is 89.7 Å². The summed E-state index contributed by atoms with van der Waals surface area (Å²) in [6.45, 7) is 3.26. The Morgan fingerprint density at radius 3 is 2.67 bits per heavy atom. The molecule has 98 valence electrons. The summed E-state index contributed by atoms with van der Waals surface area (Å²) in [6, 6.07) is 2.93. The second kappa shape index (κ2) is 6.15. The molecule has 1 N–H and O–H groups in total. The van der Waals surface area contributed by atoms with Gasteiger partial charge in [-0.2, -0.15) is 0 Å². The zero-order valence-corrected chi connectivity index (χ0v) is 10.8. The molecule has 7 heteroatoms. The second-order valence-corrected chi connectivity index (χ2v) is 4.61. The largest absolute Gasteiger partial charge is 0.512 e. The average molecular weight is 271 g/mol. The van der Waals surface area contributed by atoms with Crippen molar-refractivity contribution in [3.8, 4) is 0 Å². The van der Waals surface area contributed by atoms with Gasteiger partial charge in [-0.3, -0.25) is 10.1 Å². The minimum atomic E-state index is -0.603. The molecule has 0 fully saturated rings. The molecule has 1 heterocycles. The van der Waals surface area contributed by atoms with Gasteiger partial charge < -0.3 is 9.84 Å². The highest BCUT2D eigenvalue weighted by Gasteiger charge is 2.18. The summed E-state index contributed by atoms with van der Waals surface area (Å²) in [6.07, 6.45) is 0.125. The lowest BCUT2D eigenvalue weighted by atomic mass is 10.1. The van der Waals surface area contributed by atoms with E-state index in [-0.39, 0.29) is 29.4 Å². The van der Waals surface area contributed by atoms with E-state index >= 15 is 0 Å². The number of esters is 1. The van der Waals surface area contributed by atoms with Crippen molar-refractivity contribution < 1.29 is 19.6 Å². The second-order valence-electron chi connectivity index (χ2n) is 3.46. The van der Waals surface area contributed by atoms with Crippen LogP contribution in [-0.4, -0.2) is 22.6 Å². The van der Waals surface area contributed by atoms with Crippen LogP contribution >= 0.6 is 11.3 Å². The predicted molar refractivity (Wildman–Crippen MR) is 66.6 cm³/mol. The molecule has 0 aliphatic heterocycles. The number of nitro groups is 1. The van der Waals surface area contributed by atoms with Crippen molar-refractivity contribution in [2.45, 2.75) is 20.3 Å². The molecule has 0 atom stereocenters. The SMILES string of the molecule is CCOC(=O)/C(Cc1ccc([N+](=O)[O-])s1)=C(\C)O. The number of thiophene rings is 1. The van der Waals surface area contributed by atoms with E-state index in [1.807, 2.05) is 0 Å². The fourth-order valence-corrected chi connectivity index (χ4v) is 2.13. The third-order valence-corrected chi connectivity index (χ3v) is 3.17. The standard InChI is InChI=1S/C11H13NO5S/c1-3-17-11(14)9(7(2)13)6-8-4-5-10(18-8)12(15)16/h4-5,13H,3,6H2,1-2H3/b9-7+. The zero-order valence-electron chi connectivity index (χ0n) is 10.0. The van der Waals surface area contributed by atoms with Crippen molar-refractivity contribution in [3.63, 3.8) is 0 Å². The number of aliphatic hydroxyl groups excluding tert-OH is 1. The summed E-state index contributed by atoms with van der Waals surface area (Å²) < 4.78 is 4.81. The van der Waals surface area contributed by atoms with Crippen LogP contribution in [-0.2, 0) is 16.0 Å². The number of carbonyl (C=O) groups excluding carboxylic acids is 1. The normalized spacial score (nSPS) is 11.9. The third kappa shape index (κ3) is 3.56. The molecule has 0 saturated heterocycles. The van der Waals surface area contributed by atoms with Gasteiger partial charge in [0.15, 0.2) is 0 Å². The zero-order chi connectivity index (χ0) is 13.7. The molecule has 0 radical (unpaired) electrons. The van der Waals surface area contributed by atoms with Crippen LogP contribution in [0.1, 0.15) is 18.7 Å². The van der Waals surface area contributed by atoms with Crippen molar-refractivity contribution >= 4 is 22.3 Å². The fraction of sp³-hybridized carbons (Fsp3) is 0.364. The lowest BCUT2D eigenvalue weighted by Crippen LogP contribution is -2.11. The highest BCUT2D eigenvalue weighted by atomic mass is 32.1. The number of ether oxygens (including phenoxy) is 1. The number of rotatable bonds is 5. The number of nitrogens with zero attached hydrogens (tertiary/aromatic N) is 1. The van der Waals surface area contributed by atoms with Crippen LogP contribution < -0.4 is 0 Å². The fourth-order valence-electron chi connectivity index (χ4n) is 1.30. The number of hydrogen-bond acceptors (Lipinski definition) is 6. The van der Waals surface area contributed by atoms with Gasteiger partial charge >= 0.3 is 11.0 Å². The monoisotopic (exact) mass is 271 g/mol. The molecule has 18 heavy (non-hydrogen) atoms. The van der Waals surface area contributed by atoms with Crippen molar-refractivity contribution in [1.82, 2.24) is 0 Å². The molecule has 0 spiro atoms. The Morgan fingerprint density at radius 1 is 1.56 bits per heavy atom. The van der Waals surface area contributed by atoms with Gasteiger partial charge in [-0.1, -0.05) is 11.3 Å². The van der Waals surface area contributed by atoms with Crippen LogP contribution in [0.4, 0.5) is 5.00 Å². The first-order valence-electron chi connectivity index (χ1n) is 5.24. The van der Waals surface area contributed by atoms with Crippen LogP contribution in [0.15, 0.2) is 23.5 Å². The average Bonchev–Trinajstić information content (AvgIpc) is 2.74. The van der Waals surface area contributed by atoms with Gasteiger partial charge in [0.05, 0.1) is 22.9 Å². The van der Waals surface area contributed by atoms with E-state index < -0.39 is 10.9 Å². The van der Waals surface area contributed by atoms with Crippen LogP contribution in [0.3, 0.4) is 0 Å². The van der Waals surface area contributed by atoms with Gasteiger partial charge in [0.1, 0.15) is 0 Å². The molecular formula is C11H13NO5S. The van der Waals surface area contributed by atoms with Crippen molar-refractivity contribution in [2.75, 3.05) is 6.61 Å². The van der Waals surface area contributed by atoms with E-state index in [4.69, 9.17) is 4.74 Å². The Balaban J connectivity index is 2.88. The van der Waals surface area contributed by atoms with Crippen molar-refractivity contribution in [3.05, 3.63) is 38.5 Å². The number of allylic oxidation sites excluding steroid dienone is 1. The van der Waals surface area contributed by atoms with Gasteiger partial charge in [0, 0.05) is 17.4 Å². The highest BCUT2D eigenvalue weighted by Crippen LogP contribution is 2.26. The Bertz CT molecular complexity index is 487. The maximum Gasteiger partial charge on any atom is 0.337 e. The van der Waals surface area contributed by atoms with Gasteiger partial charge in [-0.25, -0.2) is 4.79 Å². The molecule has 1 aromatic rings. The molecule has 0 bridgehead atoms. The molecule has 0 amide bonds. The van der Waals surface area contributed by atoms with Crippen LogP contribution in [0.25, 0.3) is 0 Å². The van der Waals surface area contributed by atoms with Gasteiger partial charge in [-0.05, 0) is 19.9 Å². The van der Waals surface area contributed by atoms with Gasteiger partial charge in [0.2, 0.25) is 0 Å². The van der Waals surface area contributed by atoms with Crippen LogP contribution in [0.5, 0.6) is 0 Å². The molecule has 0 unspecified atom stereocenters. The summed E-state index contributed by atoms with van der Waals surface area (Å²) in [5.74, 6) is -0.738. The highest BCUT2D eigenvalue weighted by molar-refractivity contribution is 7.15. The van der Waals surface area contributed by atoms with Gasteiger partial charge in [-0.15, -0.1) is 0 Å². The first-order valence-corrected chi connectivity index (χ1v) is 6.06. The molecule has 0 aliphatic rings. The van der Waals surface area contributed by atoms with Crippen molar-refractivity contribution in [2.24, 2.45) is 0 Å². The summed E-state index contributed by atoms with van der Waals surface area (Å²) in [7, 11) is 0. The van der Waals surface area contributed by atoms with E-state index in [1.54, 1.807) is 13.0 Å². The lowest BCUT2D eigenvalue weighted by Gasteiger charge is -2.06. The molecule has 1 rings (SSSR count). The minimum Gasteiger partial charge on any atom is -0.512 e. The van der Waals surface area contributed by atoms with E-state index in [1.165, 1.54) is 13.0 Å². The smallest absolute Gasteiger partial charge is 0.337 e. The van der Waals surface area contributed by atoms with Gasteiger partial charge in [0.25, 0.3) is 0 Å². The quantitative estimate of drug-likeness (QED) is 0.292. The summed E-state index contributed by atoms with van der Waals surface area (Å²) in [5, 5.41) is 20.0. The Morgan fingerprint density at radius 2 is 2.22 bits per heavy atom. The number of hydrogen-bond donors (Lipinski definition) is 1. The maximum atomic E-state index is 11.6. The maximum absolute atomic E-state index is 11.6. The van der Waals surface area contributed by atoms with E-state index in [0.717, 1.165) is 11.3 Å². The molecule has 0 aliphatic carbocycles. The van der Waals surface area contributed by atoms with Crippen LogP contribution in [0, 0.1) is 10.1 Å². The Labute approximate surface area is 108 Å². The van der Waals surface area contributed by atoms with E-state index in [0.29, 0.717) is 4.88 Å². The Hall–Kier alpha value is -1.89. The number of aliphatic hydroxyl groups is 1. The van der Waals surface area contributed by atoms with Crippen LogP contribution in [0.2, 0.25) is 0 Å². The van der Waals surface area contributed by atoms with E-state index in [9.17, 15) is 20.0 Å². The van der Waals surface area contributed by atoms with Crippen molar-refractivity contribution in [1.29, 1.82) is 0 Å².